The summed E-state index contributed by atoms with van der Waals surface area (Å²) in [4.78, 5) is 12.9. The highest BCUT2D eigenvalue weighted by Crippen LogP contribution is 2.34. The number of hydrogen-bond acceptors (Lipinski definition) is 6. The topological polar surface area (TPSA) is 85.1 Å². The van der Waals surface area contributed by atoms with Crippen LogP contribution in [-0.2, 0) is 17.9 Å². The molecule has 1 aromatic rings. The van der Waals surface area contributed by atoms with E-state index in [1.165, 1.54) is 6.07 Å². The van der Waals surface area contributed by atoms with Gasteiger partial charge in [-0.3, -0.25) is 15.0 Å². The van der Waals surface area contributed by atoms with Crippen molar-refractivity contribution in [2.75, 3.05) is 26.5 Å². The molecule has 1 N–H and O–H groups in total. The first-order chi connectivity index (χ1) is 10.7. The van der Waals surface area contributed by atoms with Gasteiger partial charge >= 0.3 is 0 Å². The SMILES string of the molecule is O=[N+]([O-])c1cc2c(c(CN3CCCC(CO)C3)c1)OCOC2. The van der Waals surface area contributed by atoms with Crippen LogP contribution in [0.5, 0.6) is 5.75 Å². The summed E-state index contributed by atoms with van der Waals surface area (Å²) in [7, 11) is 0. The molecule has 0 aliphatic carbocycles. The van der Waals surface area contributed by atoms with Gasteiger partial charge in [-0.1, -0.05) is 0 Å². The maximum Gasteiger partial charge on any atom is 0.270 e. The molecule has 0 radical (unpaired) electrons. The Morgan fingerprint density at radius 3 is 3.09 bits per heavy atom. The van der Waals surface area contributed by atoms with E-state index >= 15 is 0 Å². The number of nitro groups is 1. The minimum Gasteiger partial charge on any atom is -0.467 e. The lowest BCUT2D eigenvalue weighted by Crippen LogP contribution is -2.36. The zero-order valence-electron chi connectivity index (χ0n) is 12.4. The van der Waals surface area contributed by atoms with Gasteiger partial charge in [0.05, 0.1) is 11.5 Å². The summed E-state index contributed by atoms with van der Waals surface area (Å²) in [5.41, 5.74) is 1.62. The van der Waals surface area contributed by atoms with Crippen molar-refractivity contribution in [1.82, 2.24) is 4.90 Å². The monoisotopic (exact) mass is 308 g/mol. The maximum absolute atomic E-state index is 11.1. The van der Waals surface area contributed by atoms with Gasteiger partial charge in [0, 0.05) is 43.0 Å². The lowest BCUT2D eigenvalue weighted by molar-refractivity contribution is -0.385. The molecule has 2 aliphatic rings. The van der Waals surface area contributed by atoms with Crippen molar-refractivity contribution in [1.29, 1.82) is 0 Å². The third-order valence-corrected chi connectivity index (χ3v) is 4.24. The minimum absolute atomic E-state index is 0.0681. The second-order valence-corrected chi connectivity index (χ2v) is 5.89. The molecule has 22 heavy (non-hydrogen) atoms. The summed E-state index contributed by atoms with van der Waals surface area (Å²) in [6.07, 6.45) is 2.07. The Morgan fingerprint density at radius 1 is 1.45 bits per heavy atom. The molecule has 0 saturated carbocycles. The van der Waals surface area contributed by atoms with Crippen molar-refractivity contribution in [3.05, 3.63) is 33.4 Å². The summed E-state index contributed by atoms with van der Waals surface area (Å²) < 4.78 is 10.8. The second kappa shape index (κ2) is 6.60. The highest BCUT2D eigenvalue weighted by molar-refractivity contribution is 5.50. The standard InChI is InChI=1S/C15H20N2O5/c18-8-11-2-1-3-16(6-11)7-12-4-14(17(19)20)5-13-9-21-10-22-15(12)13/h4-5,11,18H,1-3,6-10H2. The molecular weight excluding hydrogens is 288 g/mol. The van der Waals surface area contributed by atoms with Crippen molar-refractivity contribution >= 4 is 5.69 Å². The normalized spacial score (nSPS) is 22.0. The van der Waals surface area contributed by atoms with E-state index in [0.29, 0.717) is 18.9 Å². The fourth-order valence-corrected chi connectivity index (χ4v) is 3.19. The molecule has 3 rings (SSSR count). The van der Waals surface area contributed by atoms with E-state index in [-0.39, 0.29) is 29.9 Å². The molecule has 1 saturated heterocycles. The van der Waals surface area contributed by atoms with Gasteiger partial charge in [-0.2, -0.15) is 0 Å². The number of fused-ring (bicyclic) bond motifs is 1. The van der Waals surface area contributed by atoms with Crippen LogP contribution in [0, 0.1) is 16.0 Å². The Labute approximate surface area is 128 Å². The predicted molar refractivity (Wildman–Crippen MR) is 78.5 cm³/mol. The van der Waals surface area contributed by atoms with Gasteiger partial charge in [-0.15, -0.1) is 0 Å². The van der Waals surface area contributed by atoms with Crippen molar-refractivity contribution in [3.8, 4) is 5.75 Å². The van der Waals surface area contributed by atoms with Crippen LogP contribution in [0.3, 0.4) is 0 Å². The summed E-state index contributed by atoms with van der Waals surface area (Å²) >= 11 is 0. The van der Waals surface area contributed by atoms with Crippen LogP contribution in [0.2, 0.25) is 0 Å². The van der Waals surface area contributed by atoms with Crippen LogP contribution < -0.4 is 4.74 Å². The first-order valence-electron chi connectivity index (χ1n) is 7.51. The van der Waals surface area contributed by atoms with Crippen molar-refractivity contribution in [2.45, 2.75) is 26.0 Å². The smallest absolute Gasteiger partial charge is 0.270 e. The first kappa shape index (κ1) is 15.2. The molecule has 7 heteroatoms. The van der Waals surface area contributed by atoms with E-state index in [2.05, 4.69) is 4.90 Å². The molecule has 2 heterocycles. The Bertz CT molecular complexity index is 563. The minimum atomic E-state index is -0.384. The summed E-state index contributed by atoms with van der Waals surface area (Å²) in [6, 6.07) is 3.11. The molecular formula is C15H20N2O5. The van der Waals surface area contributed by atoms with Gasteiger partial charge in [0.1, 0.15) is 5.75 Å². The number of aliphatic hydroxyl groups is 1. The zero-order chi connectivity index (χ0) is 15.5. The third kappa shape index (κ3) is 3.21. The largest absolute Gasteiger partial charge is 0.467 e. The van der Waals surface area contributed by atoms with Crippen molar-refractivity contribution in [2.24, 2.45) is 5.92 Å². The van der Waals surface area contributed by atoms with E-state index < -0.39 is 0 Å². The second-order valence-electron chi connectivity index (χ2n) is 5.89. The number of non-ortho nitro benzene ring substituents is 1. The number of piperidine rings is 1. The number of hydrogen-bond donors (Lipinski definition) is 1. The Hall–Kier alpha value is -1.70. The van der Waals surface area contributed by atoms with Gasteiger partial charge in [-0.25, -0.2) is 0 Å². The molecule has 0 amide bonds. The van der Waals surface area contributed by atoms with Crippen LogP contribution in [-0.4, -0.2) is 41.4 Å². The van der Waals surface area contributed by atoms with Crippen LogP contribution in [0.25, 0.3) is 0 Å². The Morgan fingerprint density at radius 2 is 2.32 bits per heavy atom. The van der Waals surface area contributed by atoms with E-state index in [1.54, 1.807) is 6.07 Å². The average molecular weight is 308 g/mol. The molecule has 0 aromatic heterocycles. The number of aliphatic hydroxyl groups excluding tert-OH is 1. The number of rotatable bonds is 4. The Kier molecular flexibility index (Phi) is 4.56. The number of ether oxygens (including phenoxy) is 2. The number of benzene rings is 1. The molecule has 1 aromatic carbocycles. The van der Waals surface area contributed by atoms with Crippen molar-refractivity contribution < 1.29 is 19.5 Å². The van der Waals surface area contributed by atoms with Gasteiger partial charge in [0.2, 0.25) is 0 Å². The fourth-order valence-electron chi connectivity index (χ4n) is 3.19. The number of nitro benzene ring substituents is 1. The van der Waals surface area contributed by atoms with Crippen molar-refractivity contribution in [3.63, 3.8) is 0 Å². The molecule has 1 unspecified atom stereocenters. The molecule has 1 atom stereocenters. The molecule has 120 valence electrons. The molecule has 0 bridgehead atoms. The molecule has 1 fully saturated rings. The van der Waals surface area contributed by atoms with Gasteiger partial charge in [0.15, 0.2) is 6.79 Å². The lowest BCUT2D eigenvalue weighted by Gasteiger charge is -2.32. The van der Waals surface area contributed by atoms with E-state index in [4.69, 9.17) is 9.47 Å². The van der Waals surface area contributed by atoms with E-state index in [1.807, 2.05) is 0 Å². The fraction of sp³-hybridized carbons (Fsp3) is 0.600. The van der Waals surface area contributed by atoms with Crippen LogP contribution in [0.4, 0.5) is 5.69 Å². The molecule has 2 aliphatic heterocycles. The number of likely N-dealkylation sites (tertiary alicyclic amines) is 1. The summed E-state index contributed by atoms with van der Waals surface area (Å²) in [6.45, 7) is 3.05. The first-order valence-corrected chi connectivity index (χ1v) is 7.51. The van der Waals surface area contributed by atoms with Crippen LogP contribution in [0.1, 0.15) is 24.0 Å². The quantitative estimate of drug-likeness (QED) is 0.672. The lowest BCUT2D eigenvalue weighted by atomic mass is 9.98. The predicted octanol–water partition coefficient (Wildman–Crippen LogP) is 1.67. The van der Waals surface area contributed by atoms with Gasteiger partial charge in [0.25, 0.3) is 5.69 Å². The Balaban J connectivity index is 1.85. The third-order valence-electron chi connectivity index (χ3n) is 4.24. The summed E-state index contributed by atoms with van der Waals surface area (Å²) in [5, 5.41) is 20.4. The van der Waals surface area contributed by atoms with Crippen LogP contribution >= 0.6 is 0 Å². The maximum atomic E-state index is 11.1. The summed E-state index contributed by atoms with van der Waals surface area (Å²) in [5.74, 6) is 0.996. The van der Waals surface area contributed by atoms with E-state index in [9.17, 15) is 15.2 Å². The van der Waals surface area contributed by atoms with Gasteiger partial charge < -0.3 is 14.6 Å². The number of nitrogens with zero attached hydrogens (tertiary/aromatic N) is 2. The van der Waals surface area contributed by atoms with Crippen LogP contribution in [0.15, 0.2) is 12.1 Å². The van der Waals surface area contributed by atoms with Gasteiger partial charge in [-0.05, 0) is 25.3 Å². The average Bonchev–Trinajstić information content (AvgIpc) is 2.55. The molecule has 7 nitrogen and oxygen atoms in total. The highest BCUT2D eigenvalue weighted by Gasteiger charge is 2.24. The van der Waals surface area contributed by atoms with E-state index in [0.717, 1.165) is 37.1 Å². The zero-order valence-corrected chi connectivity index (χ0v) is 12.4. The highest BCUT2D eigenvalue weighted by atomic mass is 16.7. The molecule has 0 spiro atoms.